The molecule has 0 N–H and O–H groups in total. The summed E-state index contributed by atoms with van der Waals surface area (Å²) in [4.78, 5) is 22.5. The van der Waals surface area contributed by atoms with Gasteiger partial charge in [0.15, 0.2) is 5.69 Å². The van der Waals surface area contributed by atoms with Crippen LogP contribution in [0.4, 0.5) is 27.3 Å². The first kappa shape index (κ1) is 23.3. The number of fused-ring (bicyclic) bond motifs is 2. The van der Waals surface area contributed by atoms with E-state index in [1.54, 1.807) is 12.3 Å². The van der Waals surface area contributed by atoms with E-state index in [0.29, 0.717) is 44.2 Å². The van der Waals surface area contributed by atoms with Crippen LogP contribution in [0.25, 0.3) is 27.1 Å². The van der Waals surface area contributed by atoms with Gasteiger partial charge in [-0.3, -0.25) is 4.98 Å². The molecule has 3 aromatic heterocycles. The topological polar surface area (TPSA) is 58.7 Å². The van der Waals surface area contributed by atoms with E-state index in [-0.39, 0.29) is 11.2 Å². The largest absolute Gasteiger partial charge is 0.378 e. The summed E-state index contributed by atoms with van der Waals surface area (Å²) in [5.41, 5.74) is 6.34. The molecule has 0 saturated carbocycles. The van der Waals surface area contributed by atoms with Crippen molar-refractivity contribution in [2.24, 2.45) is 0 Å². The van der Waals surface area contributed by atoms with Gasteiger partial charge in [0.2, 0.25) is 0 Å². The molecule has 6 rings (SSSR count). The Bertz CT molecular complexity index is 1560. The van der Waals surface area contributed by atoms with E-state index in [1.807, 2.05) is 25.1 Å². The van der Waals surface area contributed by atoms with Gasteiger partial charge in [-0.05, 0) is 37.3 Å². The lowest BCUT2D eigenvalue weighted by Gasteiger charge is -2.30. The lowest BCUT2D eigenvalue weighted by atomic mass is 9.91. The van der Waals surface area contributed by atoms with Crippen LogP contribution in [0.1, 0.15) is 25.1 Å². The summed E-state index contributed by atoms with van der Waals surface area (Å²) < 4.78 is 19.9. The minimum atomic E-state index is -0.332. The highest BCUT2D eigenvalue weighted by atomic mass is 19.1. The quantitative estimate of drug-likeness (QED) is 0.328. The Morgan fingerprint density at radius 3 is 2.59 bits per heavy atom. The van der Waals surface area contributed by atoms with Crippen molar-refractivity contribution in [2.75, 3.05) is 42.6 Å². The van der Waals surface area contributed by atoms with Gasteiger partial charge in [0.05, 0.1) is 47.2 Å². The molecule has 1 saturated heterocycles. The Morgan fingerprint density at radius 1 is 1.05 bits per heavy atom. The molecule has 0 unspecified atom stereocenters. The molecule has 0 bridgehead atoms. The first-order valence-electron chi connectivity index (χ1n) is 12.4. The van der Waals surface area contributed by atoms with Gasteiger partial charge in [0, 0.05) is 48.3 Å². The SMILES string of the molecule is [C-]#[N+]c1nc2c(cc1N1CCOCC1)N(c1c(C)c(-c3ccccn3)nc3cc(F)ccc13)CC2(C)C. The van der Waals surface area contributed by atoms with Crippen LogP contribution in [0.2, 0.25) is 0 Å². The molecule has 4 aromatic rings. The molecule has 2 aliphatic heterocycles. The third-order valence-electron chi connectivity index (χ3n) is 7.24. The molecule has 1 aromatic carbocycles. The number of anilines is 3. The maximum absolute atomic E-state index is 14.4. The van der Waals surface area contributed by atoms with Crippen molar-refractivity contribution in [3.63, 3.8) is 0 Å². The number of aromatic nitrogens is 3. The van der Waals surface area contributed by atoms with E-state index in [4.69, 9.17) is 21.3 Å². The Kier molecular flexibility index (Phi) is 5.54. The lowest BCUT2D eigenvalue weighted by molar-refractivity contribution is 0.123. The molecule has 37 heavy (non-hydrogen) atoms. The summed E-state index contributed by atoms with van der Waals surface area (Å²) in [5.74, 6) is 0.0880. The van der Waals surface area contributed by atoms with Crippen molar-refractivity contribution >= 4 is 33.8 Å². The summed E-state index contributed by atoms with van der Waals surface area (Å²) in [5, 5.41) is 0.865. The molecular weight excluding hydrogens is 467 g/mol. The number of benzene rings is 1. The van der Waals surface area contributed by atoms with E-state index in [0.717, 1.165) is 45.1 Å². The van der Waals surface area contributed by atoms with E-state index in [1.165, 1.54) is 12.1 Å². The number of nitrogens with zero attached hydrogens (tertiary/aromatic N) is 6. The molecule has 186 valence electrons. The first-order valence-corrected chi connectivity index (χ1v) is 12.4. The highest BCUT2D eigenvalue weighted by Crippen LogP contribution is 2.50. The molecule has 0 spiro atoms. The second kappa shape index (κ2) is 8.79. The van der Waals surface area contributed by atoms with E-state index < -0.39 is 0 Å². The predicted molar refractivity (Wildman–Crippen MR) is 143 cm³/mol. The van der Waals surface area contributed by atoms with Crippen LogP contribution in [0, 0.1) is 19.3 Å². The van der Waals surface area contributed by atoms with Gasteiger partial charge in [-0.15, -0.1) is 4.98 Å². The monoisotopic (exact) mass is 494 g/mol. The number of halogens is 1. The summed E-state index contributed by atoms with van der Waals surface area (Å²) in [6.07, 6.45) is 1.74. The fourth-order valence-corrected chi connectivity index (χ4v) is 5.48. The minimum absolute atomic E-state index is 0.300. The standard InChI is InChI=1S/C29H27FN6O/c1-18-25(21-7-5-6-10-32-21)33-22-15-19(30)8-9-20(22)26(18)36-17-29(2,3)27-23(36)16-24(28(31-4)34-27)35-11-13-37-14-12-35/h5-10,15-16H,11-14,17H2,1-3H3. The summed E-state index contributed by atoms with van der Waals surface area (Å²) in [6.45, 7) is 17.5. The zero-order chi connectivity index (χ0) is 25.7. The van der Waals surface area contributed by atoms with Crippen molar-refractivity contribution in [2.45, 2.75) is 26.2 Å². The minimum Gasteiger partial charge on any atom is -0.378 e. The molecule has 0 atom stereocenters. The van der Waals surface area contributed by atoms with E-state index >= 15 is 0 Å². The molecule has 0 amide bonds. The first-order chi connectivity index (χ1) is 17.9. The number of hydrogen-bond acceptors (Lipinski definition) is 6. The van der Waals surface area contributed by atoms with Crippen molar-refractivity contribution in [1.29, 1.82) is 0 Å². The van der Waals surface area contributed by atoms with Crippen LogP contribution in [0.5, 0.6) is 0 Å². The van der Waals surface area contributed by atoms with E-state index in [9.17, 15) is 4.39 Å². The second-order valence-electron chi connectivity index (χ2n) is 10.2. The second-order valence-corrected chi connectivity index (χ2v) is 10.2. The Balaban J connectivity index is 1.61. The van der Waals surface area contributed by atoms with Gasteiger partial charge in [-0.25, -0.2) is 9.37 Å². The van der Waals surface area contributed by atoms with Crippen molar-refractivity contribution in [3.8, 4) is 11.4 Å². The number of rotatable bonds is 3. The van der Waals surface area contributed by atoms with Gasteiger partial charge in [0.25, 0.3) is 5.82 Å². The van der Waals surface area contributed by atoms with Gasteiger partial charge in [-0.2, -0.15) is 0 Å². The van der Waals surface area contributed by atoms with Crippen molar-refractivity contribution < 1.29 is 9.13 Å². The van der Waals surface area contributed by atoms with Crippen LogP contribution in [-0.4, -0.2) is 47.8 Å². The van der Waals surface area contributed by atoms with Crippen LogP contribution in [0.3, 0.4) is 0 Å². The number of ether oxygens (including phenoxy) is 1. The van der Waals surface area contributed by atoms with Gasteiger partial charge >= 0.3 is 0 Å². The normalized spacial score (nSPS) is 16.6. The van der Waals surface area contributed by atoms with Crippen LogP contribution in [0.15, 0.2) is 48.7 Å². The zero-order valence-electron chi connectivity index (χ0n) is 21.1. The summed E-state index contributed by atoms with van der Waals surface area (Å²) in [7, 11) is 0. The maximum Gasteiger partial charge on any atom is 0.293 e. The summed E-state index contributed by atoms with van der Waals surface area (Å²) in [6, 6.07) is 12.6. The maximum atomic E-state index is 14.4. The highest BCUT2D eigenvalue weighted by molar-refractivity contribution is 5.99. The van der Waals surface area contributed by atoms with E-state index in [2.05, 4.69) is 39.5 Å². The Labute approximate surface area is 215 Å². The van der Waals surface area contributed by atoms with Gasteiger partial charge < -0.3 is 19.4 Å². The fourth-order valence-electron chi connectivity index (χ4n) is 5.48. The van der Waals surface area contributed by atoms with Crippen LogP contribution >= 0.6 is 0 Å². The lowest BCUT2D eigenvalue weighted by Crippen LogP contribution is -2.36. The summed E-state index contributed by atoms with van der Waals surface area (Å²) >= 11 is 0. The zero-order valence-corrected chi connectivity index (χ0v) is 21.1. The van der Waals surface area contributed by atoms with Crippen LogP contribution in [-0.2, 0) is 10.2 Å². The molecule has 5 heterocycles. The van der Waals surface area contributed by atoms with Crippen molar-refractivity contribution in [1.82, 2.24) is 15.0 Å². The Morgan fingerprint density at radius 2 is 1.86 bits per heavy atom. The third-order valence-corrected chi connectivity index (χ3v) is 7.24. The molecule has 8 heteroatoms. The molecular formula is C29H27FN6O. The van der Waals surface area contributed by atoms with Gasteiger partial charge in [-0.1, -0.05) is 26.5 Å². The van der Waals surface area contributed by atoms with Crippen molar-refractivity contribution in [3.05, 3.63) is 77.2 Å². The number of pyridine rings is 3. The number of morpholine rings is 1. The molecule has 2 aliphatic rings. The predicted octanol–water partition coefficient (Wildman–Crippen LogP) is 5.96. The molecule has 7 nitrogen and oxygen atoms in total. The molecule has 1 fully saturated rings. The average molecular weight is 495 g/mol. The smallest absolute Gasteiger partial charge is 0.293 e. The third kappa shape index (κ3) is 3.87. The van der Waals surface area contributed by atoms with Crippen LogP contribution < -0.4 is 9.80 Å². The average Bonchev–Trinajstić information content (AvgIpc) is 3.18. The number of hydrogen-bond donors (Lipinski definition) is 0. The Hall–Kier alpha value is -4.09. The molecule has 0 aliphatic carbocycles. The fraction of sp³-hybridized carbons (Fsp3) is 0.310. The van der Waals surface area contributed by atoms with Gasteiger partial charge in [0.1, 0.15) is 5.82 Å². The highest BCUT2D eigenvalue weighted by Gasteiger charge is 2.43. The molecule has 0 radical (unpaired) electrons.